The molecule has 1 saturated heterocycles. The summed E-state index contributed by atoms with van der Waals surface area (Å²) >= 11 is 0. The lowest BCUT2D eigenvalue weighted by Crippen LogP contribution is -2.43. The van der Waals surface area contributed by atoms with Crippen LogP contribution in [0.2, 0.25) is 0 Å². The number of urea groups is 1. The van der Waals surface area contributed by atoms with Crippen molar-refractivity contribution >= 4 is 6.03 Å². The zero-order valence-electron chi connectivity index (χ0n) is 13.4. The van der Waals surface area contributed by atoms with Gasteiger partial charge in [-0.25, -0.2) is 4.79 Å². The summed E-state index contributed by atoms with van der Waals surface area (Å²) in [5.74, 6) is 0.847. The van der Waals surface area contributed by atoms with E-state index in [2.05, 4.69) is 30.1 Å². The second-order valence-corrected chi connectivity index (χ2v) is 6.58. The predicted octanol–water partition coefficient (Wildman–Crippen LogP) is 1.97. The Morgan fingerprint density at radius 3 is 2.82 bits per heavy atom. The van der Waals surface area contributed by atoms with Crippen LogP contribution in [0.4, 0.5) is 4.79 Å². The Bertz CT molecular complexity index is 559. The molecule has 3 rings (SSSR count). The first-order chi connectivity index (χ1) is 10.6. The number of phenols is 1. The van der Waals surface area contributed by atoms with Crippen LogP contribution >= 0.6 is 0 Å². The third kappa shape index (κ3) is 2.90. The van der Waals surface area contributed by atoms with Gasteiger partial charge in [-0.2, -0.15) is 0 Å². The maximum atomic E-state index is 11.7. The van der Waals surface area contributed by atoms with E-state index in [0.29, 0.717) is 17.7 Å². The lowest BCUT2D eigenvalue weighted by atomic mass is 9.86. The van der Waals surface area contributed by atoms with Crippen molar-refractivity contribution in [3.63, 3.8) is 0 Å². The topological polar surface area (TPSA) is 55.8 Å². The molecule has 0 radical (unpaired) electrons. The summed E-state index contributed by atoms with van der Waals surface area (Å²) in [4.78, 5) is 16.0. The summed E-state index contributed by atoms with van der Waals surface area (Å²) in [6, 6.07) is 6.16. The molecule has 0 bridgehead atoms. The van der Waals surface area contributed by atoms with Gasteiger partial charge in [0, 0.05) is 38.8 Å². The number of benzene rings is 1. The molecule has 0 aliphatic carbocycles. The Labute approximate surface area is 131 Å². The van der Waals surface area contributed by atoms with Crippen LogP contribution in [0.1, 0.15) is 31.0 Å². The summed E-state index contributed by atoms with van der Waals surface area (Å²) in [6.45, 7) is 8.70. The van der Waals surface area contributed by atoms with Gasteiger partial charge in [-0.05, 0) is 35.6 Å². The first kappa shape index (κ1) is 15.2. The van der Waals surface area contributed by atoms with E-state index in [4.69, 9.17) is 0 Å². The summed E-state index contributed by atoms with van der Waals surface area (Å²) in [5.41, 5.74) is 2.58. The molecule has 2 heterocycles. The molecule has 1 fully saturated rings. The number of carbonyl (C=O) groups excluding carboxylic acids is 1. The molecular weight excluding hydrogens is 278 g/mol. The summed E-state index contributed by atoms with van der Waals surface area (Å²) < 4.78 is 0. The van der Waals surface area contributed by atoms with Crippen LogP contribution in [-0.2, 0) is 6.42 Å². The van der Waals surface area contributed by atoms with Crippen LogP contribution < -0.4 is 5.32 Å². The van der Waals surface area contributed by atoms with E-state index in [1.165, 1.54) is 11.1 Å². The number of aromatic hydroxyl groups is 1. The molecule has 2 aliphatic heterocycles. The smallest absolute Gasteiger partial charge is 0.317 e. The van der Waals surface area contributed by atoms with Gasteiger partial charge in [-0.15, -0.1) is 0 Å². The number of fused-ring (bicyclic) bond motifs is 1. The van der Waals surface area contributed by atoms with Gasteiger partial charge in [-0.3, -0.25) is 4.90 Å². The Kier molecular flexibility index (Phi) is 4.25. The van der Waals surface area contributed by atoms with Gasteiger partial charge in [0.15, 0.2) is 0 Å². The summed E-state index contributed by atoms with van der Waals surface area (Å²) in [5, 5.41) is 12.5. The molecule has 1 atom stereocenters. The van der Waals surface area contributed by atoms with E-state index in [1.54, 1.807) is 6.07 Å². The van der Waals surface area contributed by atoms with Crippen molar-refractivity contribution in [2.45, 2.75) is 26.3 Å². The summed E-state index contributed by atoms with van der Waals surface area (Å²) in [6.07, 6.45) is 0.957. The first-order valence-electron chi connectivity index (χ1n) is 8.15. The van der Waals surface area contributed by atoms with E-state index < -0.39 is 0 Å². The standard InChI is InChI=1S/C17H25N3O2/c1-12(2)16-15-4-3-14(21)11-13(15)5-7-19(16)9-10-20-8-6-18-17(20)22/h3-4,11-12,16,21H,5-10H2,1-2H3,(H,18,22). The molecule has 5 heteroatoms. The second kappa shape index (κ2) is 6.16. The number of rotatable bonds is 4. The highest BCUT2D eigenvalue weighted by molar-refractivity contribution is 5.76. The van der Waals surface area contributed by atoms with Crippen LogP contribution in [0.5, 0.6) is 5.75 Å². The third-order valence-electron chi connectivity index (χ3n) is 4.74. The SMILES string of the molecule is CC(C)C1c2ccc(O)cc2CCN1CCN1CCNC1=O. The molecule has 0 saturated carbocycles. The monoisotopic (exact) mass is 303 g/mol. The number of phenolic OH excluding ortho intramolecular Hbond substituents is 1. The molecule has 0 aromatic heterocycles. The number of hydrogen-bond donors (Lipinski definition) is 2. The Morgan fingerprint density at radius 2 is 2.14 bits per heavy atom. The predicted molar refractivity (Wildman–Crippen MR) is 85.9 cm³/mol. The van der Waals surface area contributed by atoms with Gasteiger partial charge in [0.05, 0.1) is 0 Å². The highest BCUT2D eigenvalue weighted by Gasteiger charge is 2.30. The molecule has 2 amide bonds. The van der Waals surface area contributed by atoms with E-state index >= 15 is 0 Å². The third-order valence-corrected chi connectivity index (χ3v) is 4.74. The van der Waals surface area contributed by atoms with Crippen molar-refractivity contribution < 1.29 is 9.90 Å². The molecule has 120 valence electrons. The summed E-state index contributed by atoms with van der Waals surface area (Å²) in [7, 11) is 0. The minimum absolute atomic E-state index is 0.0587. The van der Waals surface area contributed by atoms with Crippen molar-refractivity contribution in [1.29, 1.82) is 0 Å². The fourth-order valence-corrected chi connectivity index (χ4v) is 3.70. The molecule has 2 aliphatic rings. The van der Waals surface area contributed by atoms with E-state index in [0.717, 1.165) is 39.1 Å². The van der Waals surface area contributed by atoms with E-state index in [9.17, 15) is 9.90 Å². The molecule has 1 aromatic rings. The highest BCUT2D eigenvalue weighted by atomic mass is 16.3. The fraction of sp³-hybridized carbons (Fsp3) is 0.588. The Morgan fingerprint density at radius 1 is 1.32 bits per heavy atom. The average molecular weight is 303 g/mol. The molecule has 0 spiro atoms. The number of carbonyl (C=O) groups is 1. The molecule has 2 N–H and O–H groups in total. The van der Waals surface area contributed by atoms with E-state index in [1.807, 2.05) is 11.0 Å². The van der Waals surface area contributed by atoms with Gasteiger partial charge in [0.25, 0.3) is 0 Å². The molecule has 5 nitrogen and oxygen atoms in total. The second-order valence-electron chi connectivity index (χ2n) is 6.58. The normalized spacial score (nSPS) is 22.0. The van der Waals surface area contributed by atoms with Crippen LogP contribution in [0.25, 0.3) is 0 Å². The molecule has 22 heavy (non-hydrogen) atoms. The molecule has 1 aromatic carbocycles. The Balaban J connectivity index is 1.74. The van der Waals surface area contributed by atoms with Crippen molar-refractivity contribution in [3.05, 3.63) is 29.3 Å². The highest BCUT2D eigenvalue weighted by Crippen LogP contribution is 2.36. The van der Waals surface area contributed by atoms with Crippen molar-refractivity contribution in [2.75, 3.05) is 32.7 Å². The van der Waals surface area contributed by atoms with Crippen molar-refractivity contribution in [3.8, 4) is 5.75 Å². The number of nitrogens with zero attached hydrogens (tertiary/aromatic N) is 2. The average Bonchev–Trinajstić information content (AvgIpc) is 2.89. The van der Waals surface area contributed by atoms with Crippen LogP contribution in [0, 0.1) is 5.92 Å². The molecule has 1 unspecified atom stereocenters. The fourth-order valence-electron chi connectivity index (χ4n) is 3.70. The lowest BCUT2D eigenvalue weighted by molar-refractivity contribution is 0.130. The van der Waals surface area contributed by atoms with E-state index in [-0.39, 0.29) is 6.03 Å². The van der Waals surface area contributed by atoms with Crippen molar-refractivity contribution in [2.24, 2.45) is 5.92 Å². The van der Waals surface area contributed by atoms with Crippen LogP contribution in [0.3, 0.4) is 0 Å². The van der Waals surface area contributed by atoms with Gasteiger partial charge >= 0.3 is 6.03 Å². The Hall–Kier alpha value is -1.75. The maximum absolute atomic E-state index is 11.7. The lowest BCUT2D eigenvalue weighted by Gasteiger charge is -2.40. The number of hydrogen-bond acceptors (Lipinski definition) is 3. The van der Waals surface area contributed by atoms with Crippen LogP contribution in [0.15, 0.2) is 18.2 Å². The quantitative estimate of drug-likeness (QED) is 0.894. The van der Waals surface area contributed by atoms with Gasteiger partial charge in [-0.1, -0.05) is 19.9 Å². The minimum atomic E-state index is 0.0587. The zero-order chi connectivity index (χ0) is 15.7. The number of nitrogens with one attached hydrogen (secondary N) is 1. The van der Waals surface area contributed by atoms with Crippen molar-refractivity contribution in [1.82, 2.24) is 15.1 Å². The van der Waals surface area contributed by atoms with Crippen LogP contribution in [-0.4, -0.2) is 53.7 Å². The maximum Gasteiger partial charge on any atom is 0.317 e. The van der Waals surface area contributed by atoms with Gasteiger partial charge in [0.1, 0.15) is 5.75 Å². The zero-order valence-corrected chi connectivity index (χ0v) is 13.4. The van der Waals surface area contributed by atoms with Gasteiger partial charge < -0.3 is 15.3 Å². The van der Waals surface area contributed by atoms with Gasteiger partial charge in [0.2, 0.25) is 0 Å². The first-order valence-corrected chi connectivity index (χ1v) is 8.15. The number of amides is 2. The largest absolute Gasteiger partial charge is 0.508 e. The minimum Gasteiger partial charge on any atom is -0.508 e. The molecular formula is C17H25N3O2.